The van der Waals surface area contributed by atoms with Gasteiger partial charge in [-0.1, -0.05) is 28.1 Å². The van der Waals surface area contributed by atoms with Crippen molar-refractivity contribution in [2.24, 2.45) is 0 Å². The van der Waals surface area contributed by atoms with Crippen molar-refractivity contribution in [2.45, 2.75) is 6.92 Å². The molecule has 0 spiro atoms. The molecule has 1 nitrogen and oxygen atoms in total. The molecule has 0 radical (unpaired) electrons. The van der Waals surface area contributed by atoms with Crippen LogP contribution in [0.5, 0.6) is 0 Å². The molecule has 1 aromatic carbocycles. The molecule has 2 rings (SSSR count). The molecule has 0 fully saturated rings. The second kappa shape index (κ2) is 3.38. The quantitative estimate of drug-likeness (QED) is 0.771. The van der Waals surface area contributed by atoms with Gasteiger partial charge < -0.3 is 4.98 Å². The van der Waals surface area contributed by atoms with E-state index >= 15 is 0 Å². The van der Waals surface area contributed by atoms with E-state index in [1.54, 1.807) is 0 Å². The van der Waals surface area contributed by atoms with Crippen LogP contribution in [-0.4, -0.2) is 4.98 Å². The van der Waals surface area contributed by atoms with Gasteiger partial charge in [0, 0.05) is 21.6 Å². The van der Waals surface area contributed by atoms with E-state index in [9.17, 15) is 0 Å². The molecule has 1 aromatic heterocycles. The molecule has 0 aliphatic heterocycles. The maximum atomic E-state index is 3.46. The van der Waals surface area contributed by atoms with Crippen LogP contribution in [0.2, 0.25) is 0 Å². The fourth-order valence-corrected chi connectivity index (χ4v) is 1.79. The minimum atomic E-state index is 1.12. The van der Waals surface area contributed by atoms with Crippen molar-refractivity contribution in [2.75, 3.05) is 0 Å². The number of halogens is 1. The van der Waals surface area contributed by atoms with Gasteiger partial charge in [0.1, 0.15) is 0 Å². The summed E-state index contributed by atoms with van der Waals surface area (Å²) >= 11 is 3.46. The Kier molecular flexibility index (Phi) is 2.23. The van der Waals surface area contributed by atoms with Crippen molar-refractivity contribution in [3.63, 3.8) is 0 Å². The lowest BCUT2D eigenvalue weighted by atomic mass is 10.2. The van der Waals surface area contributed by atoms with Gasteiger partial charge in [-0.3, -0.25) is 0 Å². The Hall–Kier alpha value is -1.02. The summed E-state index contributed by atoms with van der Waals surface area (Å²) in [6, 6.07) is 6.24. The lowest BCUT2D eigenvalue weighted by Gasteiger charge is -1.92. The molecule has 0 atom stereocenters. The monoisotopic (exact) mass is 235 g/mol. The molecular weight excluding hydrogens is 226 g/mol. The van der Waals surface area contributed by atoms with E-state index in [1.165, 1.54) is 16.5 Å². The average molecular weight is 236 g/mol. The SMILES string of the molecule is C/C=C/c1c[nH]c2ccc(Br)cc12. The molecule has 0 unspecified atom stereocenters. The van der Waals surface area contributed by atoms with Crippen LogP contribution in [0.4, 0.5) is 0 Å². The first-order valence-electron chi connectivity index (χ1n) is 4.20. The van der Waals surface area contributed by atoms with Gasteiger partial charge in [-0.05, 0) is 30.7 Å². The predicted octanol–water partition coefficient (Wildman–Crippen LogP) is 3.96. The minimum Gasteiger partial charge on any atom is -0.361 e. The lowest BCUT2D eigenvalue weighted by Crippen LogP contribution is -1.69. The zero-order valence-corrected chi connectivity index (χ0v) is 8.93. The summed E-state index contributed by atoms with van der Waals surface area (Å²) in [6.07, 6.45) is 6.17. The van der Waals surface area contributed by atoms with E-state index in [2.05, 4.69) is 39.1 Å². The first-order valence-corrected chi connectivity index (χ1v) is 5.00. The largest absolute Gasteiger partial charge is 0.361 e. The molecule has 0 saturated carbocycles. The van der Waals surface area contributed by atoms with Crippen LogP contribution < -0.4 is 0 Å². The van der Waals surface area contributed by atoms with Crippen LogP contribution >= 0.6 is 15.9 Å². The molecule has 13 heavy (non-hydrogen) atoms. The zero-order chi connectivity index (χ0) is 9.26. The molecule has 1 N–H and O–H groups in total. The van der Waals surface area contributed by atoms with E-state index in [-0.39, 0.29) is 0 Å². The van der Waals surface area contributed by atoms with Crippen LogP contribution in [0.3, 0.4) is 0 Å². The summed E-state index contributed by atoms with van der Waals surface area (Å²) < 4.78 is 1.12. The topological polar surface area (TPSA) is 15.8 Å². The Morgan fingerprint density at radius 1 is 1.38 bits per heavy atom. The maximum absolute atomic E-state index is 3.46. The summed E-state index contributed by atoms with van der Waals surface area (Å²) in [5.41, 5.74) is 2.41. The highest BCUT2D eigenvalue weighted by Crippen LogP contribution is 2.23. The fraction of sp³-hybridized carbons (Fsp3) is 0.0909. The fourth-order valence-electron chi connectivity index (χ4n) is 1.43. The first-order chi connectivity index (χ1) is 6.31. The minimum absolute atomic E-state index is 1.12. The second-order valence-electron chi connectivity index (χ2n) is 2.93. The van der Waals surface area contributed by atoms with Crippen LogP contribution in [0.1, 0.15) is 12.5 Å². The van der Waals surface area contributed by atoms with Gasteiger partial charge in [-0.25, -0.2) is 0 Å². The van der Waals surface area contributed by atoms with Gasteiger partial charge >= 0.3 is 0 Å². The standard InChI is InChI=1S/C11H10BrN/c1-2-3-8-7-13-11-5-4-9(12)6-10(8)11/h2-7,13H,1H3/b3-2+. The number of nitrogens with one attached hydrogen (secondary N) is 1. The summed E-state index contributed by atoms with van der Waals surface area (Å²) in [5.74, 6) is 0. The van der Waals surface area contributed by atoms with Crippen LogP contribution in [0.25, 0.3) is 17.0 Å². The third-order valence-electron chi connectivity index (χ3n) is 2.02. The number of fused-ring (bicyclic) bond motifs is 1. The van der Waals surface area contributed by atoms with Crippen molar-refractivity contribution < 1.29 is 0 Å². The van der Waals surface area contributed by atoms with E-state index in [4.69, 9.17) is 0 Å². The van der Waals surface area contributed by atoms with E-state index in [1.807, 2.05) is 25.3 Å². The van der Waals surface area contributed by atoms with Crippen molar-refractivity contribution in [3.8, 4) is 0 Å². The number of hydrogen-bond acceptors (Lipinski definition) is 0. The number of allylic oxidation sites excluding steroid dienone is 1. The normalized spacial score (nSPS) is 11.5. The highest BCUT2D eigenvalue weighted by atomic mass is 79.9. The Morgan fingerprint density at radius 2 is 2.23 bits per heavy atom. The zero-order valence-electron chi connectivity index (χ0n) is 7.34. The summed E-state index contributed by atoms with van der Waals surface area (Å²) in [7, 11) is 0. The number of rotatable bonds is 1. The Balaban J connectivity index is 2.71. The van der Waals surface area contributed by atoms with Gasteiger partial charge in [0.15, 0.2) is 0 Å². The summed E-state index contributed by atoms with van der Waals surface area (Å²) in [5, 5.41) is 1.26. The first kappa shape index (κ1) is 8.57. The van der Waals surface area contributed by atoms with Crippen LogP contribution in [0, 0.1) is 0 Å². The molecule has 0 saturated heterocycles. The predicted molar refractivity (Wildman–Crippen MR) is 60.7 cm³/mol. The molecule has 0 amide bonds. The molecule has 1 heterocycles. The van der Waals surface area contributed by atoms with E-state index in [0.717, 1.165) is 4.47 Å². The van der Waals surface area contributed by atoms with Gasteiger partial charge in [0.2, 0.25) is 0 Å². The Labute approximate surface area is 85.6 Å². The van der Waals surface area contributed by atoms with Crippen LogP contribution in [-0.2, 0) is 0 Å². The van der Waals surface area contributed by atoms with Gasteiger partial charge in [0.25, 0.3) is 0 Å². The Morgan fingerprint density at radius 3 is 3.00 bits per heavy atom. The number of hydrogen-bond donors (Lipinski definition) is 1. The van der Waals surface area contributed by atoms with Crippen molar-refractivity contribution in [1.82, 2.24) is 4.98 Å². The molecular formula is C11H10BrN. The van der Waals surface area contributed by atoms with Gasteiger partial charge in [-0.15, -0.1) is 0 Å². The molecule has 66 valence electrons. The van der Waals surface area contributed by atoms with Crippen molar-refractivity contribution in [3.05, 3.63) is 40.5 Å². The highest BCUT2D eigenvalue weighted by molar-refractivity contribution is 9.10. The summed E-state index contributed by atoms with van der Waals surface area (Å²) in [4.78, 5) is 3.23. The lowest BCUT2D eigenvalue weighted by molar-refractivity contribution is 1.47. The smallest absolute Gasteiger partial charge is 0.0460 e. The maximum Gasteiger partial charge on any atom is 0.0460 e. The van der Waals surface area contributed by atoms with Gasteiger partial charge in [-0.2, -0.15) is 0 Å². The van der Waals surface area contributed by atoms with Gasteiger partial charge in [0.05, 0.1) is 0 Å². The molecule has 2 heteroatoms. The Bertz CT molecular complexity index is 454. The molecule has 0 aliphatic carbocycles. The van der Waals surface area contributed by atoms with E-state index in [0.29, 0.717) is 0 Å². The molecule has 2 aromatic rings. The molecule has 0 bridgehead atoms. The van der Waals surface area contributed by atoms with Crippen molar-refractivity contribution >= 4 is 32.9 Å². The average Bonchev–Trinajstić information content (AvgIpc) is 2.49. The number of H-pyrrole nitrogens is 1. The number of aromatic nitrogens is 1. The number of benzene rings is 1. The van der Waals surface area contributed by atoms with E-state index < -0.39 is 0 Å². The third-order valence-corrected chi connectivity index (χ3v) is 2.52. The van der Waals surface area contributed by atoms with Crippen LogP contribution in [0.15, 0.2) is 34.9 Å². The highest BCUT2D eigenvalue weighted by Gasteiger charge is 1.99. The third kappa shape index (κ3) is 1.54. The number of aromatic amines is 1. The van der Waals surface area contributed by atoms with Crippen molar-refractivity contribution in [1.29, 1.82) is 0 Å². The summed E-state index contributed by atoms with van der Waals surface area (Å²) in [6.45, 7) is 2.02. The molecule has 0 aliphatic rings. The second-order valence-corrected chi connectivity index (χ2v) is 3.85.